The van der Waals surface area contributed by atoms with Crippen LogP contribution in [0.5, 0.6) is 0 Å². The van der Waals surface area contributed by atoms with E-state index in [2.05, 4.69) is 20.9 Å². The van der Waals surface area contributed by atoms with Crippen LogP contribution in [0.4, 0.5) is 15.8 Å². The Bertz CT molecular complexity index is 1110. The quantitative estimate of drug-likeness (QED) is 0.548. The number of hydrogen-bond donors (Lipinski definition) is 4. The molecule has 5 N–H and O–H groups in total. The van der Waals surface area contributed by atoms with Crippen molar-refractivity contribution >= 4 is 46.4 Å². The van der Waals surface area contributed by atoms with Crippen LogP contribution < -0.4 is 21.7 Å². The van der Waals surface area contributed by atoms with E-state index in [0.717, 1.165) is 12.1 Å². The Kier molecular flexibility index (Phi) is 6.34. The predicted octanol–water partition coefficient (Wildman–Crippen LogP) is 2.94. The molecule has 8 nitrogen and oxygen atoms in total. The van der Waals surface area contributed by atoms with Crippen molar-refractivity contribution in [3.63, 3.8) is 0 Å². The van der Waals surface area contributed by atoms with Crippen LogP contribution in [0, 0.1) is 11.2 Å². The third-order valence-corrected chi connectivity index (χ3v) is 5.54. The zero-order valence-corrected chi connectivity index (χ0v) is 18.5. The molecule has 0 saturated carbocycles. The molecule has 1 heterocycles. The molecule has 10 heteroatoms. The summed E-state index contributed by atoms with van der Waals surface area (Å²) >= 11 is 5.92. The predicted molar refractivity (Wildman–Crippen MR) is 121 cm³/mol. The molecule has 0 saturated heterocycles. The van der Waals surface area contributed by atoms with Gasteiger partial charge in [-0.2, -0.15) is 0 Å². The summed E-state index contributed by atoms with van der Waals surface area (Å²) in [7, 11) is 0. The lowest BCUT2D eigenvalue weighted by molar-refractivity contribution is -0.125. The normalized spacial score (nSPS) is 18.1. The lowest BCUT2D eigenvalue weighted by Crippen LogP contribution is -2.67. The Balaban J connectivity index is 1.72. The van der Waals surface area contributed by atoms with Crippen molar-refractivity contribution in [3.05, 3.63) is 58.9 Å². The van der Waals surface area contributed by atoms with Gasteiger partial charge in [0, 0.05) is 11.4 Å². The molecule has 2 aromatic rings. The van der Waals surface area contributed by atoms with Gasteiger partial charge in [-0.05, 0) is 47.9 Å². The molecule has 0 spiro atoms. The number of nitrogens with two attached hydrogens (primary N) is 1. The van der Waals surface area contributed by atoms with E-state index in [4.69, 9.17) is 17.3 Å². The van der Waals surface area contributed by atoms with Crippen LogP contribution >= 0.6 is 11.6 Å². The van der Waals surface area contributed by atoms with Crippen molar-refractivity contribution in [2.75, 3.05) is 17.3 Å². The zero-order valence-electron chi connectivity index (χ0n) is 17.8. The maximum atomic E-state index is 13.2. The Labute approximate surface area is 189 Å². The van der Waals surface area contributed by atoms with Crippen molar-refractivity contribution in [1.29, 1.82) is 0 Å². The monoisotopic (exact) mass is 459 g/mol. The molecular weight excluding hydrogens is 437 g/mol. The first-order chi connectivity index (χ1) is 15.0. The van der Waals surface area contributed by atoms with Gasteiger partial charge in [-0.25, -0.2) is 4.39 Å². The van der Waals surface area contributed by atoms with Gasteiger partial charge in [-0.1, -0.05) is 32.4 Å². The average Bonchev–Trinajstić information content (AvgIpc) is 3.16. The van der Waals surface area contributed by atoms with Crippen LogP contribution in [0.25, 0.3) is 0 Å². The smallest absolute Gasteiger partial charge is 0.272 e. The standard InChI is InChI=1S/C22H23ClFN5O3/c1-21(2,3)22(20(25)32)17(26-11-27-22)19(31)29-14-7-5-13(6-8-14)28-18(30)15-9-4-12(24)10-16(15)23/h4-10,27H,11H2,1-3H3,(H2,25,32)(H,28,30)(H,29,31). The molecule has 3 amide bonds. The fourth-order valence-electron chi connectivity index (χ4n) is 3.57. The van der Waals surface area contributed by atoms with Crippen molar-refractivity contribution in [2.45, 2.75) is 26.3 Å². The van der Waals surface area contributed by atoms with E-state index in [1.165, 1.54) is 6.07 Å². The molecule has 32 heavy (non-hydrogen) atoms. The van der Waals surface area contributed by atoms with E-state index in [1.807, 2.05) is 0 Å². The first-order valence-corrected chi connectivity index (χ1v) is 10.1. The van der Waals surface area contributed by atoms with Crippen LogP contribution in [-0.2, 0) is 9.59 Å². The van der Waals surface area contributed by atoms with Gasteiger partial charge < -0.3 is 16.4 Å². The molecule has 168 valence electrons. The lowest BCUT2D eigenvalue weighted by Gasteiger charge is -2.39. The summed E-state index contributed by atoms with van der Waals surface area (Å²) in [6.45, 7) is 5.48. The van der Waals surface area contributed by atoms with Crippen molar-refractivity contribution in [2.24, 2.45) is 16.1 Å². The maximum absolute atomic E-state index is 13.2. The van der Waals surface area contributed by atoms with Gasteiger partial charge in [0.1, 0.15) is 11.5 Å². The summed E-state index contributed by atoms with van der Waals surface area (Å²) in [6, 6.07) is 9.79. The van der Waals surface area contributed by atoms with Crippen molar-refractivity contribution < 1.29 is 18.8 Å². The van der Waals surface area contributed by atoms with Crippen molar-refractivity contribution in [1.82, 2.24) is 5.32 Å². The van der Waals surface area contributed by atoms with Crippen LogP contribution in [0.15, 0.2) is 47.5 Å². The molecule has 0 aromatic heterocycles. The molecule has 0 aliphatic carbocycles. The van der Waals surface area contributed by atoms with E-state index in [1.54, 1.807) is 45.0 Å². The van der Waals surface area contributed by atoms with Crippen LogP contribution in [0.2, 0.25) is 5.02 Å². The molecule has 1 unspecified atom stereocenters. The highest BCUT2D eigenvalue weighted by molar-refractivity contribution is 6.50. The maximum Gasteiger partial charge on any atom is 0.272 e. The highest BCUT2D eigenvalue weighted by Crippen LogP contribution is 2.34. The molecule has 1 atom stereocenters. The summed E-state index contributed by atoms with van der Waals surface area (Å²) in [6.07, 6.45) is 0. The number of halogens is 2. The summed E-state index contributed by atoms with van der Waals surface area (Å²) in [5.41, 5.74) is 4.55. The summed E-state index contributed by atoms with van der Waals surface area (Å²) in [5.74, 6) is -2.29. The van der Waals surface area contributed by atoms with Crippen LogP contribution in [-0.4, -0.2) is 35.6 Å². The summed E-state index contributed by atoms with van der Waals surface area (Å²) in [4.78, 5) is 41.7. The van der Waals surface area contributed by atoms with Crippen LogP contribution in [0.3, 0.4) is 0 Å². The van der Waals surface area contributed by atoms with E-state index in [0.29, 0.717) is 11.4 Å². The average molecular weight is 460 g/mol. The van der Waals surface area contributed by atoms with E-state index < -0.39 is 34.5 Å². The Morgan fingerprint density at radius 2 is 1.62 bits per heavy atom. The second-order valence-corrected chi connectivity index (χ2v) is 8.72. The third-order valence-electron chi connectivity index (χ3n) is 5.22. The highest BCUT2D eigenvalue weighted by atomic mass is 35.5. The Morgan fingerprint density at radius 1 is 1.06 bits per heavy atom. The molecule has 0 radical (unpaired) electrons. The fraction of sp³-hybridized carbons (Fsp3) is 0.273. The fourth-order valence-corrected chi connectivity index (χ4v) is 3.83. The number of primary amides is 1. The molecule has 0 fully saturated rings. The first kappa shape index (κ1) is 23.4. The van der Waals surface area contributed by atoms with E-state index in [9.17, 15) is 18.8 Å². The van der Waals surface area contributed by atoms with Crippen molar-refractivity contribution in [3.8, 4) is 0 Å². The van der Waals surface area contributed by atoms with Gasteiger partial charge in [-0.3, -0.25) is 24.7 Å². The first-order valence-electron chi connectivity index (χ1n) is 9.73. The van der Waals surface area contributed by atoms with Crippen LogP contribution in [0.1, 0.15) is 31.1 Å². The SMILES string of the molecule is CC(C)(C)C1(C(N)=O)NCN=C1C(=O)Nc1ccc(NC(=O)c2ccc(F)cc2Cl)cc1. The topological polar surface area (TPSA) is 126 Å². The molecule has 3 rings (SSSR count). The third kappa shape index (κ3) is 4.35. The number of nitrogens with one attached hydrogen (secondary N) is 3. The van der Waals surface area contributed by atoms with Gasteiger partial charge in [0.25, 0.3) is 11.8 Å². The molecule has 0 bridgehead atoms. The zero-order chi connectivity index (χ0) is 23.7. The lowest BCUT2D eigenvalue weighted by atomic mass is 9.70. The largest absolute Gasteiger partial charge is 0.368 e. The molecule has 1 aliphatic heterocycles. The van der Waals surface area contributed by atoms with Gasteiger partial charge in [0.15, 0.2) is 5.54 Å². The number of benzene rings is 2. The number of nitrogens with zero attached hydrogens (tertiary/aromatic N) is 1. The highest BCUT2D eigenvalue weighted by Gasteiger charge is 2.55. The second-order valence-electron chi connectivity index (χ2n) is 8.32. The number of hydrogen-bond acceptors (Lipinski definition) is 5. The number of carbonyl (C=O) groups excluding carboxylic acids is 3. The Morgan fingerprint density at radius 3 is 2.12 bits per heavy atom. The summed E-state index contributed by atoms with van der Waals surface area (Å²) in [5, 5.41) is 8.30. The van der Waals surface area contributed by atoms with Gasteiger partial charge in [-0.15, -0.1) is 0 Å². The number of carbonyl (C=O) groups is 3. The van der Waals surface area contributed by atoms with Gasteiger partial charge >= 0.3 is 0 Å². The van der Waals surface area contributed by atoms with Gasteiger partial charge in [0.05, 0.1) is 17.3 Å². The van der Waals surface area contributed by atoms with E-state index >= 15 is 0 Å². The number of anilines is 2. The second kappa shape index (κ2) is 8.68. The molecular formula is C22H23ClFN5O3. The summed E-state index contributed by atoms with van der Waals surface area (Å²) < 4.78 is 13.2. The van der Waals surface area contributed by atoms with Gasteiger partial charge in [0.2, 0.25) is 5.91 Å². The minimum atomic E-state index is -1.40. The minimum absolute atomic E-state index is 0.00545. The Hall–Kier alpha value is -3.30. The minimum Gasteiger partial charge on any atom is -0.368 e. The van der Waals surface area contributed by atoms with E-state index in [-0.39, 0.29) is 23.0 Å². The number of rotatable bonds is 5. The number of aliphatic imine (C=N–C) groups is 1. The number of amides is 3. The molecule has 1 aliphatic rings. The molecule has 2 aromatic carbocycles.